The summed E-state index contributed by atoms with van der Waals surface area (Å²) in [5, 5.41) is 2.61. The van der Waals surface area contributed by atoms with Crippen LogP contribution in [-0.4, -0.2) is 18.2 Å². The molecule has 105 valence electrons. The smallest absolute Gasteiger partial charge is 0.227 e. The van der Waals surface area contributed by atoms with E-state index in [1.165, 1.54) is 5.92 Å². The number of hydrogen-bond acceptors (Lipinski definition) is 2. The topological polar surface area (TPSA) is 46.2 Å². The molecule has 4 heteroatoms. The summed E-state index contributed by atoms with van der Waals surface area (Å²) >= 11 is 0. The number of ketones is 1. The van der Waals surface area contributed by atoms with Crippen molar-refractivity contribution < 1.29 is 42.3 Å². The molecule has 0 aromatic carbocycles. The molecule has 0 aromatic heterocycles. The van der Waals surface area contributed by atoms with Crippen LogP contribution in [0.2, 0.25) is 0 Å². The van der Waals surface area contributed by atoms with Crippen molar-refractivity contribution >= 4 is 11.7 Å². The van der Waals surface area contributed by atoms with Crippen LogP contribution in [0.1, 0.15) is 54.4 Å². The molecule has 1 N–H and O–H groups in total. The summed E-state index contributed by atoms with van der Waals surface area (Å²) in [5.74, 6) is 1.18. The largest absolute Gasteiger partial charge is 0.358 e. The van der Waals surface area contributed by atoms with Crippen molar-refractivity contribution in [3.05, 3.63) is 12.8 Å². The molecule has 0 saturated carbocycles. The van der Waals surface area contributed by atoms with Crippen molar-refractivity contribution in [2.24, 2.45) is 5.41 Å². The third-order valence-corrected chi connectivity index (χ3v) is 1.66. The molecule has 0 heterocycles. The van der Waals surface area contributed by atoms with Crippen LogP contribution < -0.4 is 5.32 Å². The maximum atomic E-state index is 11.4. The summed E-state index contributed by atoms with van der Waals surface area (Å²) in [6.07, 6.45) is 0.624. The molecule has 18 heavy (non-hydrogen) atoms. The third-order valence-electron chi connectivity index (χ3n) is 1.66. The molecular weight excluding hydrogens is 303 g/mol. The Labute approximate surface area is 138 Å². The zero-order valence-corrected chi connectivity index (χ0v) is 15.6. The van der Waals surface area contributed by atoms with Gasteiger partial charge in [-0.25, -0.2) is 0 Å². The van der Waals surface area contributed by atoms with Gasteiger partial charge < -0.3 is 18.2 Å². The van der Waals surface area contributed by atoms with E-state index >= 15 is 0 Å². The first-order chi connectivity index (χ1) is 7.61. The zero-order valence-electron chi connectivity index (χ0n) is 12.7. The van der Waals surface area contributed by atoms with Crippen molar-refractivity contribution in [1.29, 1.82) is 0 Å². The van der Waals surface area contributed by atoms with Gasteiger partial charge in [-0.15, -0.1) is 0 Å². The number of amides is 1. The van der Waals surface area contributed by atoms with E-state index in [1.54, 1.807) is 0 Å². The quantitative estimate of drug-likeness (QED) is 0.636. The van der Waals surface area contributed by atoms with E-state index in [0.717, 1.165) is 0 Å². The van der Waals surface area contributed by atoms with Gasteiger partial charge in [-0.2, -0.15) is 27.2 Å². The van der Waals surface area contributed by atoms with Gasteiger partial charge in [-0.05, 0) is 6.54 Å². The molecule has 0 fully saturated rings. The summed E-state index contributed by atoms with van der Waals surface area (Å²) in [6.45, 7) is 15.8. The predicted octanol–water partition coefficient (Wildman–Crippen LogP) is 2.95. The fourth-order valence-corrected chi connectivity index (χ4v) is 0.701. The molecule has 0 unspecified atom stereocenters. The van der Waals surface area contributed by atoms with Crippen molar-refractivity contribution in [2.75, 3.05) is 6.54 Å². The summed E-state index contributed by atoms with van der Waals surface area (Å²) < 4.78 is 0. The Morgan fingerprint density at radius 3 is 1.83 bits per heavy atom. The van der Waals surface area contributed by atoms with Gasteiger partial charge in [0.2, 0.25) is 5.91 Å². The van der Waals surface area contributed by atoms with Crippen molar-refractivity contribution in [3.8, 4) is 0 Å². The van der Waals surface area contributed by atoms with Gasteiger partial charge in [0.1, 0.15) is 5.78 Å². The van der Waals surface area contributed by atoms with E-state index in [-0.39, 0.29) is 50.8 Å². The molecule has 0 saturated heterocycles. The molecule has 0 rings (SSSR count). The molecule has 0 aliphatic carbocycles. The van der Waals surface area contributed by atoms with Gasteiger partial charge in [-0.1, -0.05) is 20.8 Å². The minimum absolute atomic E-state index is 0. The van der Waals surface area contributed by atoms with Gasteiger partial charge in [0.05, 0.1) is 6.42 Å². The van der Waals surface area contributed by atoms with Crippen LogP contribution in [0.15, 0.2) is 0 Å². The predicted molar refractivity (Wildman–Crippen MR) is 72.3 cm³/mol. The fourth-order valence-electron chi connectivity index (χ4n) is 0.701. The molecule has 0 aliphatic heterocycles. The van der Waals surface area contributed by atoms with E-state index in [0.29, 0.717) is 13.0 Å². The maximum absolute atomic E-state index is 11.4. The monoisotopic (exact) mass is 330 g/mol. The Morgan fingerprint density at radius 1 is 1.17 bits per heavy atom. The maximum Gasteiger partial charge on any atom is 0.227 e. The molecule has 3 nitrogen and oxygen atoms in total. The number of hydrogen-bond donors (Lipinski definition) is 1. The fraction of sp³-hybridized carbons (Fsp3) is 0.714. The second-order valence-electron chi connectivity index (χ2n) is 5.55. The zero-order chi connectivity index (χ0) is 14.1. The second kappa shape index (κ2) is 12.3. The van der Waals surface area contributed by atoms with E-state index < -0.39 is 5.41 Å². The molecule has 0 aliphatic rings. The minimum Gasteiger partial charge on any atom is -0.358 e. The Hall–Kier alpha value is 0.244. The Morgan fingerprint density at radius 2 is 1.56 bits per heavy atom. The first kappa shape index (κ1) is 23.3. The first-order valence-corrected chi connectivity index (χ1v) is 5.97. The standard InChI is InChI=1S/C10H18NO2.C4H9.Y/c1-5-6-11-9(13)7-8(12)10(2,3)4;1-4(2)3;/h1,5-7H2,2-4H3,(H,11,13);1-3H3;/q2*-1;. The van der Waals surface area contributed by atoms with Gasteiger partial charge in [0.15, 0.2) is 0 Å². The Kier molecular flexibility index (Phi) is 15.9. The second-order valence-corrected chi connectivity index (χ2v) is 5.55. The van der Waals surface area contributed by atoms with Crippen LogP contribution in [-0.2, 0) is 42.3 Å². The van der Waals surface area contributed by atoms with Crippen LogP contribution >= 0.6 is 0 Å². The first-order valence-electron chi connectivity index (χ1n) is 5.97. The van der Waals surface area contributed by atoms with Crippen LogP contribution in [0.5, 0.6) is 0 Å². The summed E-state index contributed by atoms with van der Waals surface area (Å²) in [6, 6.07) is 0. The van der Waals surface area contributed by atoms with Crippen LogP contribution in [0.3, 0.4) is 0 Å². The number of nitrogens with one attached hydrogen (secondary N) is 1. The molecule has 1 amide bonds. The van der Waals surface area contributed by atoms with E-state index in [2.05, 4.69) is 33.0 Å². The van der Waals surface area contributed by atoms with Gasteiger partial charge in [0, 0.05) is 38.1 Å². The summed E-state index contributed by atoms with van der Waals surface area (Å²) in [4.78, 5) is 22.5. The van der Waals surface area contributed by atoms with E-state index in [4.69, 9.17) is 0 Å². The van der Waals surface area contributed by atoms with Crippen molar-refractivity contribution in [2.45, 2.75) is 54.4 Å². The van der Waals surface area contributed by atoms with E-state index in [1.807, 2.05) is 20.8 Å². The number of Topliss-reactive ketones (excluding diaryl/α,β-unsaturated/α-hetero) is 1. The molecule has 0 bridgehead atoms. The molecular formula is C14H27NO2Y-2. The molecule has 0 spiro atoms. The minimum atomic E-state index is -0.429. The summed E-state index contributed by atoms with van der Waals surface area (Å²) in [7, 11) is 0. The third kappa shape index (κ3) is 18.6. The van der Waals surface area contributed by atoms with Crippen LogP contribution in [0.4, 0.5) is 0 Å². The van der Waals surface area contributed by atoms with Crippen LogP contribution in [0, 0.1) is 18.3 Å². The van der Waals surface area contributed by atoms with Gasteiger partial charge in [0.25, 0.3) is 0 Å². The Bertz CT molecular complexity index is 230. The number of carbonyl (C=O) groups is 2. The average molecular weight is 330 g/mol. The summed E-state index contributed by atoms with van der Waals surface area (Å²) in [5.41, 5.74) is -0.429. The van der Waals surface area contributed by atoms with Gasteiger partial charge in [-0.3, -0.25) is 9.59 Å². The molecule has 0 aromatic rings. The van der Waals surface area contributed by atoms with E-state index in [9.17, 15) is 9.59 Å². The van der Waals surface area contributed by atoms with Crippen molar-refractivity contribution in [3.63, 3.8) is 0 Å². The molecule has 0 atom stereocenters. The molecule has 1 radical (unpaired) electrons. The van der Waals surface area contributed by atoms with Crippen molar-refractivity contribution in [1.82, 2.24) is 5.32 Å². The number of rotatable bonds is 4. The normalized spacial score (nSPS) is 10.0. The van der Waals surface area contributed by atoms with Gasteiger partial charge >= 0.3 is 0 Å². The van der Waals surface area contributed by atoms with Crippen LogP contribution in [0.25, 0.3) is 0 Å². The average Bonchev–Trinajstić information content (AvgIpc) is 2.12. The Balaban J connectivity index is -0.000000392. The SMILES string of the molecule is C[C-](C)C.[CH2-]CCNC(=O)CC(=O)C(C)(C)C.[Y]. The number of carbonyl (C=O) groups excluding carboxylic acids is 2.